The number of hydrogen-bond acceptors (Lipinski definition) is 2. The third-order valence-corrected chi connectivity index (χ3v) is 4.25. The van der Waals surface area contributed by atoms with E-state index in [1.807, 2.05) is 12.3 Å². The zero-order valence-electron chi connectivity index (χ0n) is 13.0. The van der Waals surface area contributed by atoms with E-state index in [0.717, 1.165) is 18.7 Å². The van der Waals surface area contributed by atoms with Gasteiger partial charge in [-0.25, -0.2) is 0 Å². The minimum atomic E-state index is 0.449. The molecule has 0 spiro atoms. The van der Waals surface area contributed by atoms with Crippen LogP contribution >= 0.6 is 0 Å². The fraction of sp³-hybridized carbons (Fsp3) is 0.316. The van der Waals surface area contributed by atoms with Crippen LogP contribution in [0.5, 0.6) is 0 Å². The molecule has 2 heterocycles. The second kappa shape index (κ2) is 5.82. The molecule has 2 heteroatoms. The van der Waals surface area contributed by atoms with Gasteiger partial charge in [0.25, 0.3) is 0 Å². The first kappa shape index (κ1) is 14.0. The molecule has 1 unspecified atom stereocenters. The number of nitrogens with zero attached hydrogens (tertiary/aromatic N) is 2. The molecule has 0 saturated carbocycles. The number of likely N-dealkylation sites (N-methyl/N-ethyl adjacent to an activating group) is 1. The molecule has 108 valence electrons. The Morgan fingerprint density at radius 1 is 1.14 bits per heavy atom. The quantitative estimate of drug-likeness (QED) is 0.758. The number of aromatic nitrogens is 1. The van der Waals surface area contributed by atoms with E-state index in [9.17, 15) is 0 Å². The smallest absolute Gasteiger partial charge is 0.0731 e. The van der Waals surface area contributed by atoms with Gasteiger partial charge in [-0.3, -0.25) is 9.88 Å². The van der Waals surface area contributed by atoms with Gasteiger partial charge in [-0.1, -0.05) is 48.0 Å². The number of pyridine rings is 1. The van der Waals surface area contributed by atoms with E-state index in [-0.39, 0.29) is 0 Å². The molecule has 1 aromatic heterocycles. The fourth-order valence-corrected chi connectivity index (χ4v) is 3.13. The first-order valence-corrected chi connectivity index (χ1v) is 7.53. The number of hydrogen-bond donors (Lipinski definition) is 0. The standard InChI is InChI=1S/C19H22N2/c1-14-9-10-18(21(3)13-14)17-11-15(2)19(20-12-17)16-7-5-4-6-8-16/h4-9,11-12,18H,10,13H2,1-3H3. The Morgan fingerprint density at radius 2 is 1.90 bits per heavy atom. The lowest BCUT2D eigenvalue weighted by Gasteiger charge is -2.32. The summed E-state index contributed by atoms with van der Waals surface area (Å²) in [4.78, 5) is 7.14. The highest BCUT2D eigenvalue weighted by Crippen LogP contribution is 2.30. The number of aryl methyl sites for hydroxylation is 1. The molecule has 2 aromatic rings. The molecule has 0 aliphatic carbocycles. The first-order valence-electron chi connectivity index (χ1n) is 7.53. The van der Waals surface area contributed by atoms with Gasteiger partial charge in [0.15, 0.2) is 0 Å². The molecule has 0 N–H and O–H groups in total. The largest absolute Gasteiger partial charge is 0.295 e. The van der Waals surface area contributed by atoms with Gasteiger partial charge in [-0.15, -0.1) is 0 Å². The normalized spacial score (nSPS) is 19.4. The Morgan fingerprint density at radius 3 is 2.57 bits per heavy atom. The zero-order valence-corrected chi connectivity index (χ0v) is 13.0. The predicted octanol–water partition coefficient (Wildman–Crippen LogP) is 4.38. The highest BCUT2D eigenvalue weighted by atomic mass is 15.1. The van der Waals surface area contributed by atoms with Crippen molar-refractivity contribution in [3.8, 4) is 11.3 Å². The number of rotatable bonds is 2. The number of benzene rings is 1. The first-order chi connectivity index (χ1) is 10.1. The summed E-state index contributed by atoms with van der Waals surface area (Å²) in [6.07, 6.45) is 5.48. The van der Waals surface area contributed by atoms with E-state index >= 15 is 0 Å². The summed E-state index contributed by atoms with van der Waals surface area (Å²) in [5.41, 5.74) is 6.30. The lowest BCUT2D eigenvalue weighted by molar-refractivity contribution is 0.252. The Kier molecular flexibility index (Phi) is 3.89. The fourth-order valence-electron chi connectivity index (χ4n) is 3.13. The predicted molar refractivity (Wildman–Crippen MR) is 88.2 cm³/mol. The van der Waals surface area contributed by atoms with E-state index in [4.69, 9.17) is 4.98 Å². The lowest BCUT2D eigenvalue weighted by Crippen LogP contribution is -2.29. The van der Waals surface area contributed by atoms with Gasteiger partial charge >= 0.3 is 0 Å². The highest BCUT2D eigenvalue weighted by Gasteiger charge is 2.21. The summed E-state index contributed by atoms with van der Waals surface area (Å²) in [5.74, 6) is 0. The van der Waals surface area contributed by atoms with Gasteiger partial charge < -0.3 is 0 Å². The SMILES string of the molecule is CC1=CCC(c2cnc(-c3ccccc3)c(C)c2)N(C)C1. The Bertz CT molecular complexity index is 659. The van der Waals surface area contributed by atoms with Crippen molar-refractivity contribution in [2.75, 3.05) is 13.6 Å². The molecule has 0 bridgehead atoms. The van der Waals surface area contributed by atoms with Crippen LogP contribution in [0, 0.1) is 6.92 Å². The van der Waals surface area contributed by atoms with Gasteiger partial charge in [0.05, 0.1) is 5.69 Å². The van der Waals surface area contributed by atoms with Crippen molar-refractivity contribution in [1.29, 1.82) is 0 Å². The highest BCUT2D eigenvalue weighted by molar-refractivity contribution is 5.62. The van der Waals surface area contributed by atoms with Gasteiger partial charge in [-0.2, -0.15) is 0 Å². The Hall–Kier alpha value is -1.93. The van der Waals surface area contributed by atoms with Crippen molar-refractivity contribution in [3.05, 3.63) is 65.4 Å². The molecule has 21 heavy (non-hydrogen) atoms. The summed E-state index contributed by atoms with van der Waals surface area (Å²) < 4.78 is 0. The van der Waals surface area contributed by atoms with Crippen molar-refractivity contribution in [3.63, 3.8) is 0 Å². The van der Waals surface area contributed by atoms with Crippen LogP contribution in [0.3, 0.4) is 0 Å². The van der Waals surface area contributed by atoms with Crippen LogP contribution in [0.25, 0.3) is 11.3 Å². The summed E-state index contributed by atoms with van der Waals surface area (Å²) in [6, 6.07) is 13.1. The van der Waals surface area contributed by atoms with Crippen LogP contribution in [0.1, 0.15) is 30.5 Å². The molecule has 2 nitrogen and oxygen atoms in total. The summed E-state index contributed by atoms with van der Waals surface area (Å²) in [7, 11) is 2.20. The summed E-state index contributed by atoms with van der Waals surface area (Å²) >= 11 is 0. The van der Waals surface area contributed by atoms with Crippen LogP contribution in [0.2, 0.25) is 0 Å². The van der Waals surface area contributed by atoms with Crippen LogP contribution in [0.15, 0.2) is 54.2 Å². The summed E-state index contributed by atoms with van der Waals surface area (Å²) in [6.45, 7) is 5.40. The van der Waals surface area contributed by atoms with Crippen LogP contribution in [-0.4, -0.2) is 23.5 Å². The lowest BCUT2D eigenvalue weighted by atomic mass is 9.96. The average molecular weight is 278 g/mol. The van der Waals surface area contributed by atoms with Gasteiger partial charge in [0, 0.05) is 24.3 Å². The second-order valence-electron chi connectivity index (χ2n) is 6.02. The van der Waals surface area contributed by atoms with Gasteiger partial charge in [0.2, 0.25) is 0 Å². The molecule has 3 rings (SSSR count). The summed E-state index contributed by atoms with van der Waals surface area (Å²) in [5, 5.41) is 0. The van der Waals surface area contributed by atoms with Crippen molar-refractivity contribution < 1.29 is 0 Å². The Labute approximate surface area is 127 Å². The molecule has 1 atom stereocenters. The minimum Gasteiger partial charge on any atom is -0.295 e. The third-order valence-electron chi connectivity index (χ3n) is 4.25. The Balaban J connectivity index is 1.92. The van der Waals surface area contributed by atoms with Crippen LogP contribution in [-0.2, 0) is 0 Å². The monoisotopic (exact) mass is 278 g/mol. The molecule has 0 radical (unpaired) electrons. The van der Waals surface area contributed by atoms with Crippen LogP contribution < -0.4 is 0 Å². The molecular weight excluding hydrogens is 256 g/mol. The van der Waals surface area contributed by atoms with E-state index < -0.39 is 0 Å². The van der Waals surface area contributed by atoms with Crippen LogP contribution in [0.4, 0.5) is 0 Å². The van der Waals surface area contributed by atoms with E-state index in [1.165, 1.54) is 22.3 Å². The molecular formula is C19H22N2. The average Bonchev–Trinajstić information content (AvgIpc) is 2.48. The maximum absolute atomic E-state index is 4.73. The molecule has 1 aromatic carbocycles. The third kappa shape index (κ3) is 2.91. The maximum Gasteiger partial charge on any atom is 0.0731 e. The van der Waals surface area contributed by atoms with Crippen molar-refractivity contribution in [2.24, 2.45) is 0 Å². The second-order valence-corrected chi connectivity index (χ2v) is 6.02. The van der Waals surface area contributed by atoms with E-state index in [1.54, 1.807) is 0 Å². The minimum absolute atomic E-state index is 0.449. The molecule has 1 aliphatic rings. The topological polar surface area (TPSA) is 16.1 Å². The zero-order chi connectivity index (χ0) is 14.8. The molecule has 0 fully saturated rings. The van der Waals surface area contributed by atoms with Crippen molar-refractivity contribution >= 4 is 0 Å². The maximum atomic E-state index is 4.73. The van der Waals surface area contributed by atoms with Crippen molar-refractivity contribution in [2.45, 2.75) is 26.3 Å². The van der Waals surface area contributed by atoms with Gasteiger partial charge in [0.1, 0.15) is 0 Å². The van der Waals surface area contributed by atoms with E-state index in [0.29, 0.717) is 6.04 Å². The molecule has 1 aliphatic heterocycles. The van der Waals surface area contributed by atoms with Crippen molar-refractivity contribution in [1.82, 2.24) is 9.88 Å². The van der Waals surface area contributed by atoms with Gasteiger partial charge in [-0.05, 0) is 38.4 Å². The molecule has 0 saturated heterocycles. The molecule has 0 amide bonds. The van der Waals surface area contributed by atoms with E-state index in [2.05, 4.69) is 62.2 Å².